The van der Waals surface area contributed by atoms with E-state index in [0.29, 0.717) is 0 Å². The Morgan fingerprint density at radius 3 is 2.91 bits per heavy atom. The van der Waals surface area contributed by atoms with E-state index in [1.54, 1.807) is 6.08 Å². The lowest BCUT2D eigenvalue weighted by atomic mass is 10.2. The van der Waals surface area contributed by atoms with Gasteiger partial charge in [0, 0.05) is 20.7 Å². The highest BCUT2D eigenvalue weighted by atomic mass is 16.5. The second kappa shape index (κ2) is 7.76. The maximum Gasteiger partial charge on any atom is 0.0466 e. The van der Waals surface area contributed by atoms with E-state index in [1.165, 1.54) is 0 Å². The van der Waals surface area contributed by atoms with Crippen LogP contribution in [0.5, 0.6) is 0 Å². The third-order valence-corrected chi connectivity index (χ3v) is 1.48. The first-order valence-corrected chi connectivity index (χ1v) is 4.27. The summed E-state index contributed by atoms with van der Waals surface area (Å²) in [6.07, 6.45) is 4.88. The lowest BCUT2D eigenvalue weighted by molar-refractivity contribution is 0.130. The monoisotopic (exact) mass is 159 g/mol. The van der Waals surface area contributed by atoms with Crippen molar-refractivity contribution >= 4 is 0 Å². The van der Waals surface area contributed by atoms with Crippen molar-refractivity contribution in [1.29, 1.82) is 0 Å². The quantitative estimate of drug-likeness (QED) is 0.455. The molecule has 0 aromatic heterocycles. The van der Waals surface area contributed by atoms with Gasteiger partial charge in [0.25, 0.3) is 0 Å². The van der Waals surface area contributed by atoms with Gasteiger partial charge in [-0.15, -0.1) is 6.58 Å². The maximum absolute atomic E-state index is 5.61. The van der Waals surface area contributed by atoms with Crippen LogP contribution in [0.4, 0.5) is 0 Å². The van der Waals surface area contributed by atoms with Gasteiger partial charge >= 0.3 is 0 Å². The Labute approximate surface area is 70.9 Å². The minimum Gasteiger partial charge on any atom is -0.381 e. The third-order valence-electron chi connectivity index (χ3n) is 1.48. The molecule has 2 N–H and O–H groups in total. The Morgan fingerprint density at radius 2 is 2.36 bits per heavy atom. The van der Waals surface area contributed by atoms with E-state index in [-0.39, 0.29) is 7.47 Å². The first-order chi connectivity index (χ1) is 5.31. The molecule has 0 aromatic rings. The smallest absolute Gasteiger partial charge is 0.0466 e. The second-order valence-electron chi connectivity index (χ2n) is 2.65. The number of rotatable bonds is 7. The van der Waals surface area contributed by atoms with Crippen molar-refractivity contribution in [2.24, 2.45) is 5.73 Å². The van der Waals surface area contributed by atoms with Crippen LogP contribution >= 0.6 is 0 Å². The van der Waals surface area contributed by atoms with Crippen LogP contribution in [-0.4, -0.2) is 19.3 Å². The Morgan fingerprint density at radius 1 is 1.64 bits per heavy atom. The van der Waals surface area contributed by atoms with Crippen LogP contribution in [0.2, 0.25) is 0 Å². The molecule has 1 unspecified atom stereocenters. The summed E-state index contributed by atoms with van der Waals surface area (Å²) in [6.45, 7) is 7.41. The molecule has 0 aromatic carbocycles. The Kier molecular flexibility index (Phi) is 7.52. The molecule has 2 nitrogen and oxygen atoms in total. The average Bonchev–Trinajstić information content (AvgIpc) is 2.04. The molecule has 0 amide bonds. The first kappa shape index (κ1) is 10.7. The molecule has 0 aliphatic carbocycles. The fourth-order valence-electron chi connectivity index (χ4n) is 0.785. The summed E-state index contributed by atoms with van der Waals surface area (Å²) in [6, 6.07) is 0.139. The zero-order valence-corrected chi connectivity index (χ0v) is 7.38. The maximum atomic E-state index is 5.61. The zero-order valence-electron chi connectivity index (χ0n) is 7.38. The van der Waals surface area contributed by atoms with Crippen LogP contribution in [0.15, 0.2) is 12.7 Å². The van der Waals surface area contributed by atoms with Gasteiger partial charge in [-0.1, -0.05) is 13.0 Å². The summed E-state index contributed by atoms with van der Waals surface area (Å²) in [7, 11) is 0. The van der Waals surface area contributed by atoms with Gasteiger partial charge in [-0.3, -0.25) is 0 Å². The summed E-state index contributed by atoms with van der Waals surface area (Å²) >= 11 is 0. The van der Waals surface area contributed by atoms with E-state index in [9.17, 15) is 0 Å². The van der Waals surface area contributed by atoms with Gasteiger partial charge in [-0.2, -0.15) is 0 Å². The van der Waals surface area contributed by atoms with Crippen molar-refractivity contribution in [2.75, 3.05) is 13.2 Å². The van der Waals surface area contributed by atoms with Crippen molar-refractivity contribution in [1.82, 2.24) is 0 Å². The van der Waals surface area contributed by atoms with Crippen LogP contribution < -0.4 is 5.73 Å². The molecule has 0 fully saturated rings. The molecule has 0 saturated heterocycles. The average molecular weight is 159 g/mol. The molecule has 0 radical (unpaired) electrons. The summed E-state index contributed by atoms with van der Waals surface area (Å²) < 4.78 is 5.29. The molecule has 0 spiro atoms. The van der Waals surface area contributed by atoms with Gasteiger partial charge in [-0.25, -0.2) is 0 Å². The molecule has 11 heavy (non-hydrogen) atoms. The Bertz CT molecular complexity index is 98.5. The topological polar surface area (TPSA) is 35.2 Å². The number of hydrogen-bond acceptors (Lipinski definition) is 2. The van der Waals surface area contributed by atoms with Gasteiger partial charge < -0.3 is 10.5 Å². The lowest BCUT2D eigenvalue weighted by Crippen LogP contribution is -2.16. The SMILES string of the molecule is C=CC(N)CCCOCCC.[HH]. The highest BCUT2D eigenvalue weighted by Crippen LogP contribution is 1.95. The predicted molar refractivity (Wildman–Crippen MR) is 50.6 cm³/mol. The van der Waals surface area contributed by atoms with E-state index < -0.39 is 0 Å². The van der Waals surface area contributed by atoms with Crippen LogP contribution in [0.3, 0.4) is 0 Å². The van der Waals surface area contributed by atoms with Gasteiger partial charge in [0.2, 0.25) is 0 Å². The summed E-state index contributed by atoms with van der Waals surface area (Å²) in [5.41, 5.74) is 5.61. The highest BCUT2D eigenvalue weighted by molar-refractivity contribution is 4.81. The standard InChI is InChI=1S/C9H19NO.H2/c1-3-7-11-8-5-6-9(10)4-2;/h4,9H,2-3,5-8,10H2,1H3;1H. The summed E-state index contributed by atoms with van der Waals surface area (Å²) in [5.74, 6) is 0. The Balaban J connectivity index is 0. The molecule has 0 saturated carbocycles. The molecule has 0 aliphatic rings. The van der Waals surface area contributed by atoms with Crippen LogP contribution in [0.1, 0.15) is 27.6 Å². The van der Waals surface area contributed by atoms with Gasteiger partial charge in [-0.05, 0) is 19.3 Å². The van der Waals surface area contributed by atoms with Gasteiger partial charge in [0.15, 0.2) is 0 Å². The zero-order chi connectivity index (χ0) is 8.53. The van der Waals surface area contributed by atoms with E-state index >= 15 is 0 Å². The van der Waals surface area contributed by atoms with E-state index in [4.69, 9.17) is 10.5 Å². The second-order valence-corrected chi connectivity index (χ2v) is 2.65. The largest absolute Gasteiger partial charge is 0.381 e. The molecule has 0 bridgehead atoms. The van der Waals surface area contributed by atoms with E-state index in [2.05, 4.69) is 13.5 Å². The molecular formula is C9H21NO. The fourth-order valence-corrected chi connectivity index (χ4v) is 0.785. The number of hydrogen-bond donors (Lipinski definition) is 1. The molecule has 68 valence electrons. The number of nitrogens with two attached hydrogens (primary N) is 1. The molecule has 2 heteroatoms. The normalized spacial score (nSPS) is 12.9. The van der Waals surface area contributed by atoms with Crippen LogP contribution in [0, 0.1) is 0 Å². The van der Waals surface area contributed by atoms with Crippen molar-refractivity contribution in [3.63, 3.8) is 0 Å². The van der Waals surface area contributed by atoms with E-state index in [1.807, 2.05) is 0 Å². The lowest BCUT2D eigenvalue weighted by Gasteiger charge is -2.05. The summed E-state index contributed by atoms with van der Waals surface area (Å²) in [5, 5.41) is 0. The predicted octanol–water partition coefficient (Wildman–Crippen LogP) is 1.95. The highest BCUT2D eigenvalue weighted by Gasteiger charge is 1.94. The fraction of sp³-hybridized carbons (Fsp3) is 0.778. The minimum atomic E-state index is 0. The van der Waals surface area contributed by atoms with Crippen molar-refractivity contribution < 1.29 is 6.16 Å². The van der Waals surface area contributed by atoms with Gasteiger partial charge in [0.1, 0.15) is 0 Å². The van der Waals surface area contributed by atoms with E-state index in [0.717, 1.165) is 32.5 Å². The first-order valence-electron chi connectivity index (χ1n) is 4.27. The molecule has 1 atom stereocenters. The molecule has 0 aliphatic heterocycles. The Hall–Kier alpha value is -0.340. The molecular weight excluding hydrogens is 138 g/mol. The minimum absolute atomic E-state index is 0. The van der Waals surface area contributed by atoms with Crippen LogP contribution in [0.25, 0.3) is 0 Å². The third kappa shape index (κ3) is 7.56. The molecule has 0 rings (SSSR count). The molecule has 0 heterocycles. The van der Waals surface area contributed by atoms with Crippen LogP contribution in [-0.2, 0) is 4.74 Å². The number of ether oxygens (including phenoxy) is 1. The summed E-state index contributed by atoms with van der Waals surface area (Å²) in [4.78, 5) is 0. The van der Waals surface area contributed by atoms with Crippen molar-refractivity contribution in [3.05, 3.63) is 12.7 Å². The van der Waals surface area contributed by atoms with Gasteiger partial charge in [0.05, 0.1) is 0 Å². The van der Waals surface area contributed by atoms with Crippen molar-refractivity contribution in [3.8, 4) is 0 Å². The van der Waals surface area contributed by atoms with Crippen molar-refractivity contribution in [2.45, 2.75) is 32.2 Å².